The lowest BCUT2D eigenvalue weighted by Crippen LogP contribution is -2.08. The summed E-state index contributed by atoms with van der Waals surface area (Å²) >= 11 is 0. The lowest BCUT2D eigenvalue weighted by atomic mass is 10.1. The molecule has 0 aliphatic heterocycles. The fourth-order valence-corrected chi connectivity index (χ4v) is 1.63. The summed E-state index contributed by atoms with van der Waals surface area (Å²) in [7, 11) is 0. The molecule has 0 radical (unpaired) electrons. The smallest absolute Gasteiger partial charge is 0.328 e. The van der Waals surface area contributed by atoms with Crippen molar-refractivity contribution in [3.8, 4) is 0 Å². The Hall–Kier alpha value is -1.72. The molecule has 0 atom stereocenters. The maximum absolute atomic E-state index is 13.2. The molecule has 0 unspecified atom stereocenters. The highest BCUT2D eigenvalue weighted by molar-refractivity contribution is 5.85. The standard InChI is InChI=1S/C16H21FO4/c1-12(2)10-20-7-8-21-11-14-3-5-15(17)9-13(14)4-6-16(18)19/h3-6,9,12H,7-8,10-11H2,1-2H3,(H,18,19)/b6-4+. The van der Waals surface area contributed by atoms with Gasteiger partial charge in [-0.3, -0.25) is 0 Å². The van der Waals surface area contributed by atoms with Gasteiger partial charge in [0, 0.05) is 12.7 Å². The van der Waals surface area contributed by atoms with Crippen LogP contribution >= 0.6 is 0 Å². The Morgan fingerprint density at radius 2 is 2.05 bits per heavy atom. The van der Waals surface area contributed by atoms with Crippen molar-refractivity contribution in [2.75, 3.05) is 19.8 Å². The van der Waals surface area contributed by atoms with Crippen LogP contribution in [0, 0.1) is 11.7 Å². The van der Waals surface area contributed by atoms with Crippen molar-refractivity contribution < 1.29 is 23.8 Å². The SMILES string of the molecule is CC(C)COCCOCc1ccc(F)cc1/C=C/C(=O)O. The number of rotatable bonds is 9. The number of ether oxygens (including phenoxy) is 2. The third kappa shape index (κ3) is 7.58. The molecule has 4 nitrogen and oxygen atoms in total. The van der Waals surface area contributed by atoms with Crippen LogP contribution in [0.3, 0.4) is 0 Å². The van der Waals surface area contributed by atoms with Gasteiger partial charge in [0.2, 0.25) is 0 Å². The molecule has 0 aliphatic carbocycles. The quantitative estimate of drug-likeness (QED) is 0.562. The van der Waals surface area contributed by atoms with Crippen LogP contribution in [0.4, 0.5) is 4.39 Å². The molecule has 0 fully saturated rings. The molecule has 0 aliphatic rings. The first-order valence-electron chi connectivity index (χ1n) is 6.84. The van der Waals surface area contributed by atoms with Gasteiger partial charge >= 0.3 is 5.97 Å². The lowest BCUT2D eigenvalue weighted by Gasteiger charge is -2.09. The zero-order chi connectivity index (χ0) is 15.7. The maximum atomic E-state index is 13.2. The predicted molar refractivity (Wildman–Crippen MR) is 78.4 cm³/mol. The van der Waals surface area contributed by atoms with E-state index in [-0.39, 0.29) is 6.61 Å². The molecular weight excluding hydrogens is 275 g/mol. The fraction of sp³-hybridized carbons (Fsp3) is 0.438. The summed E-state index contributed by atoms with van der Waals surface area (Å²) in [6.45, 7) is 6.05. The van der Waals surface area contributed by atoms with Gasteiger partial charge in [-0.25, -0.2) is 9.18 Å². The topological polar surface area (TPSA) is 55.8 Å². The van der Waals surface area contributed by atoms with Gasteiger partial charge in [0.25, 0.3) is 0 Å². The predicted octanol–water partition coefficient (Wildman–Crippen LogP) is 3.11. The third-order valence-electron chi connectivity index (χ3n) is 2.59. The Balaban J connectivity index is 2.48. The molecule has 0 bridgehead atoms. The van der Waals surface area contributed by atoms with E-state index < -0.39 is 11.8 Å². The van der Waals surface area contributed by atoms with Crippen LogP contribution in [0.2, 0.25) is 0 Å². The Bertz CT molecular complexity index is 483. The van der Waals surface area contributed by atoms with Gasteiger partial charge in [0.15, 0.2) is 0 Å². The van der Waals surface area contributed by atoms with E-state index in [2.05, 4.69) is 13.8 Å². The average Bonchev–Trinajstić information content (AvgIpc) is 2.41. The van der Waals surface area contributed by atoms with E-state index in [0.29, 0.717) is 31.3 Å². The largest absolute Gasteiger partial charge is 0.478 e. The molecule has 0 aromatic heterocycles. The normalized spacial score (nSPS) is 11.4. The summed E-state index contributed by atoms with van der Waals surface area (Å²) in [6, 6.07) is 4.20. The van der Waals surface area contributed by atoms with Gasteiger partial charge < -0.3 is 14.6 Å². The summed E-state index contributed by atoms with van der Waals surface area (Å²) in [5.74, 6) is -1.01. The summed E-state index contributed by atoms with van der Waals surface area (Å²) in [4.78, 5) is 10.5. The van der Waals surface area contributed by atoms with Crippen LogP contribution in [-0.2, 0) is 20.9 Å². The van der Waals surface area contributed by atoms with E-state index >= 15 is 0 Å². The van der Waals surface area contributed by atoms with Crippen LogP contribution in [0.1, 0.15) is 25.0 Å². The highest BCUT2D eigenvalue weighted by Gasteiger charge is 2.03. The minimum atomic E-state index is -1.08. The van der Waals surface area contributed by atoms with Crippen LogP contribution in [0.25, 0.3) is 6.08 Å². The molecular formula is C16H21FO4. The minimum absolute atomic E-state index is 0.282. The highest BCUT2D eigenvalue weighted by Crippen LogP contribution is 2.14. The molecule has 0 amide bonds. The first-order chi connectivity index (χ1) is 9.99. The van der Waals surface area contributed by atoms with Crippen LogP contribution in [0.5, 0.6) is 0 Å². The summed E-state index contributed by atoms with van der Waals surface area (Å²) < 4.78 is 24.0. The van der Waals surface area contributed by atoms with Gasteiger partial charge in [-0.1, -0.05) is 19.9 Å². The van der Waals surface area contributed by atoms with Gasteiger partial charge in [-0.05, 0) is 35.3 Å². The molecule has 0 saturated heterocycles. The molecule has 0 spiro atoms. The molecule has 1 rings (SSSR count). The average molecular weight is 296 g/mol. The zero-order valence-electron chi connectivity index (χ0n) is 12.3. The van der Waals surface area contributed by atoms with Crippen LogP contribution in [-0.4, -0.2) is 30.9 Å². The first-order valence-corrected chi connectivity index (χ1v) is 6.84. The minimum Gasteiger partial charge on any atom is -0.478 e. The first kappa shape index (κ1) is 17.3. The monoisotopic (exact) mass is 296 g/mol. The number of hydrogen-bond donors (Lipinski definition) is 1. The Morgan fingerprint density at radius 3 is 2.71 bits per heavy atom. The third-order valence-corrected chi connectivity index (χ3v) is 2.59. The number of carbonyl (C=O) groups is 1. The Morgan fingerprint density at radius 1 is 1.33 bits per heavy atom. The molecule has 1 aromatic rings. The fourth-order valence-electron chi connectivity index (χ4n) is 1.63. The van der Waals surface area contributed by atoms with Crippen LogP contribution in [0.15, 0.2) is 24.3 Å². The van der Waals surface area contributed by atoms with E-state index in [0.717, 1.165) is 11.6 Å². The van der Waals surface area contributed by atoms with Crippen molar-refractivity contribution >= 4 is 12.0 Å². The molecule has 0 saturated carbocycles. The van der Waals surface area contributed by atoms with Crippen molar-refractivity contribution in [2.24, 2.45) is 5.92 Å². The molecule has 1 aromatic carbocycles. The zero-order valence-corrected chi connectivity index (χ0v) is 12.3. The number of benzene rings is 1. The number of carboxylic acids is 1. The van der Waals surface area contributed by atoms with E-state index in [1.54, 1.807) is 6.07 Å². The second-order valence-electron chi connectivity index (χ2n) is 5.04. The number of carboxylic acid groups (broad SMARTS) is 1. The second-order valence-corrected chi connectivity index (χ2v) is 5.04. The lowest BCUT2D eigenvalue weighted by molar-refractivity contribution is -0.131. The Labute approximate surface area is 124 Å². The summed E-state index contributed by atoms with van der Waals surface area (Å²) in [5, 5.41) is 8.62. The Kier molecular flexibility index (Phi) is 7.64. The van der Waals surface area contributed by atoms with Gasteiger partial charge in [-0.2, -0.15) is 0 Å². The van der Waals surface area contributed by atoms with E-state index in [9.17, 15) is 9.18 Å². The van der Waals surface area contributed by atoms with E-state index in [1.807, 2.05) is 0 Å². The molecule has 21 heavy (non-hydrogen) atoms. The maximum Gasteiger partial charge on any atom is 0.328 e. The van der Waals surface area contributed by atoms with E-state index in [4.69, 9.17) is 14.6 Å². The summed E-state index contributed by atoms with van der Waals surface area (Å²) in [6.07, 6.45) is 2.34. The second kappa shape index (κ2) is 9.26. The van der Waals surface area contributed by atoms with Crippen molar-refractivity contribution in [3.05, 3.63) is 41.2 Å². The van der Waals surface area contributed by atoms with Crippen molar-refractivity contribution in [1.29, 1.82) is 0 Å². The highest BCUT2D eigenvalue weighted by atomic mass is 19.1. The molecule has 0 heterocycles. The van der Waals surface area contributed by atoms with E-state index in [1.165, 1.54) is 18.2 Å². The number of halogens is 1. The molecule has 5 heteroatoms. The van der Waals surface area contributed by atoms with Crippen molar-refractivity contribution in [1.82, 2.24) is 0 Å². The van der Waals surface area contributed by atoms with Gasteiger partial charge in [0.1, 0.15) is 5.82 Å². The van der Waals surface area contributed by atoms with Gasteiger partial charge in [0.05, 0.1) is 19.8 Å². The van der Waals surface area contributed by atoms with Crippen molar-refractivity contribution in [2.45, 2.75) is 20.5 Å². The van der Waals surface area contributed by atoms with Crippen LogP contribution < -0.4 is 0 Å². The summed E-state index contributed by atoms with van der Waals surface area (Å²) in [5.41, 5.74) is 1.23. The molecule has 116 valence electrons. The number of hydrogen-bond acceptors (Lipinski definition) is 3. The van der Waals surface area contributed by atoms with Gasteiger partial charge in [-0.15, -0.1) is 0 Å². The van der Waals surface area contributed by atoms with Crippen molar-refractivity contribution in [3.63, 3.8) is 0 Å². The number of aliphatic carboxylic acids is 1. The molecule has 1 N–H and O–H groups in total.